The average Bonchev–Trinajstić information content (AvgIpc) is 2.39. The van der Waals surface area contributed by atoms with Crippen molar-refractivity contribution in [1.82, 2.24) is 5.32 Å². The van der Waals surface area contributed by atoms with Gasteiger partial charge in [-0.25, -0.2) is 9.59 Å². The molecule has 0 unspecified atom stereocenters. The van der Waals surface area contributed by atoms with Crippen LogP contribution < -0.4 is 10.6 Å². The number of hydrogen-bond donors (Lipinski definition) is 3. The topological polar surface area (TPSA) is 95.5 Å². The third kappa shape index (κ3) is 5.81. The first-order valence-corrected chi connectivity index (χ1v) is 6.13. The average molecular weight is 276 g/mol. The maximum atomic E-state index is 11.5. The zero-order valence-corrected chi connectivity index (χ0v) is 11.1. The summed E-state index contributed by atoms with van der Waals surface area (Å²) in [4.78, 5) is 32.8. The summed E-state index contributed by atoms with van der Waals surface area (Å²) in [6.07, 6.45) is 3.43. The maximum absolute atomic E-state index is 11.5. The molecule has 0 radical (unpaired) electrons. The van der Waals surface area contributed by atoms with E-state index in [1.807, 2.05) is 17.4 Å². The van der Waals surface area contributed by atoms with Crippen molar-refractivity contribution in [3.63, 3.8) is 0 Å². The molecular weight excluding hydrogens is 260 g/mol. The van der Waals surface area contributed by atoms with Crippen LogP contribution in [0, 0.1) is 0 Å². The van der Waals surface area contributed by atoms with E-state index in [-0.39, 0.29) is 0 Å². The SMILES string of the molecule is CCCc1ccc(NC(=O)NC(=O)/C=C/C(=O)O)cc1. The van der Waals surface area contributed by atoms with Gasteiger partial charge in [0.25, 0.3) is 5.91 Å². The number of carbonyl (C=O) groups is 3. The third-order valence-electron chi connectivity index (χ3n) is 2.36. The number of carboxylic acid groups (broad SMARTS) is 1. The number of anilines is 1. The van der Waals surface area contributed by atoms with Gasteiger partial charge in [-0.1, -0.05) is 25.5 Å². The van der Waals surface area contributed by atoms with Gasteiger partial charge in [0.15, 0.2) is 0 Å². The molecule has 0 aliphatic carbocycles. The van der Waals surface area contributed by atoms with Crippen LogP contribution in [0.15, 0.2) is 36.4 Å². The Labute approximate surface area is 116 Å². The van der Waals surface area contributed by atoms with Gasteiger partial charge in [-0.05, 0) is 24.1 Å². The first-order chi connectivity index (χ1) is 9.51. The number of amides is 3. The number of urea groups is 1. The fraction of sp³-hybridized carbons (Fsp3) is 0.214. The van der Waals surface area contributed by atoms with E-state index in [4.69, 9.17) is 5.11 Å². The molecule has 3 N–H and O–H groups in total. The van der Waals surface area contributed by atoms with Crippen LogP contribution in [-0.2, 0) is 16.0 Å². The summed E-state index contributed by atoms with van der Waals surface area (Å²) >= 11 is 0. The lowest BCUT2D eigenvalue weighted by atomic mass is 10.1. The zero-order chi connectivity index (χ0) is 15.0. The Morgan fingerprint density at radius 1 is 1.15 bits per heavy atom. The normalized spacial score (nSPS) is 10.2. The van der Waals surface area contributed by atoms with Gasteiger partial charge in [0, 0.05) is 17.8 Å². The van der Waals surface area contributed by atoms with Crippen LogP contribution in [0.4, 0.5) is 10.5 Å². The molecule has 0 heterocycles. The fourth-order valence-corrected chi connectivity index (χ4v) is 1.51. The van der Waals surface area contributed by atoms with E-state index in [2.05, 4.69) is 12.2 Å². The second kappa shape index (κ2) is 7.73. The van der Waals surface area contributed by atoms with Crippen molar-refractivity contribution in [1.29, 1.82) is 0 Å². The minimum atomic E-state index is -1.26. The van der Waals surface area contributed by atoms with Crippen LogP contribution in [0.5, 0.6) is 0 Å². The van der Waals surface area contributed by atoms with Crippen LogP contribution in [0.25, 0.3) is 0 Å². The molecule has 0 aromatic heterocycles. The summed E-state index contributed by atoms with van der Waals surface area (Å²) < 4.78 is 0. The third-order valence-corrected chi connectivity index (χ3v) is 2.36. The van der Waals surface area contributed by atoms with Gasteiger partial charge in [0.05, 0.1) is 0 Å². The van der Waals surface area contributed by atoms with Crippen molar-refractivity contribution in [2.75, 3.05) is 5.32 Å². The highest BCUT2D eigenvalue weighted by atomic mass is 16.4. The Morgan fingerprint density at radius 3 is 2.35 bits per heavy atom. The Balaban J connectivity index is 2.49. The molecule has 0 spiro atoms. The number of aryl methyl sites for hydroxylation is 1. The summed E-state index contributed by atoms with van der Waals surface area (Å²) in [5.41, 5.74) is 1.72. The number of benzene rings is 1. The molecule has 1 aromatic rings. The fourth-order valence-electron chi connectivity index (χ4n) is 1.51. The van der Waals surface area contributed by atoms with Crippen LogP contribution in [0.3, 0.4) is 0 Å². The second-order valence-electron chi connectivity index (χ2n) is 4.06. The van der Waals surface area contributed by atoms with Crippen LogP contribution in [-0.4, -0.2) is 23.0 Å². The Bertz CT molecular complexity index is 520. The van der Waals surface area contributed by atoms with Gasteiger partial charge in [-0.3, -0.25) is 10.1 Å². The molecule has 1 aromatic carbocycles. The predicted octanol–water partition coefficient (Wildman–Crippen LogP) is 1.93. The predicted molar refractivity (Wildman–Crippen MR) is 74.4 cm³/mol. The highest BCUT2D eigenvalue weighted by Crippen LogP contribution is 2.10. The largest absolute Gasteiger partial charge is 0.478 e. The smallest absolute Gasteiger partial charge is 0.328 e. The van der Waals surface area contributed by atoms with Crippen LogP contribution in [0.1, 0.15) is 18.9 Å². The van der Waals surface area contributed by atoms with Crippen molar-refractivity contribution >= 4 is 23.6 Å². The van der Waals surface area contributed by atoms with Crippen molar-refractivity contribution in [3.8, 4) is 0 Å². The number of nitrogens with one attached hydrogen (secondary N) is 2. The second-order valence-corrected chi connectivity index (χ2v) is 4.06. The standard InChI is InChI=1S/C14H16N2O4/c1-2-3-10-4-6-11(7-5-10)15-14(20)16-12(17)8-9-13(18)19/h4-9H,2-3H2,1H3,(H,18,19)(H2,15,16,17,20)/b9-8+. The molecule has 3 amide bonds. The van der Waals surface area contributed by atoms with Crippen molar-refractivity contribution in [2.45, 2.75) is 19.8 Å². The van der Waals surface area contributed by atoms with E-state index in [0.717, 1.165) is 18.9 Å². The minimum Gasteiger partial charge on any atom is -0.478 e. The summed E-state index contributed by atoms with van der Waals surface area (Å²) in [5, 5.41) is 12.8. The first-order valence-electron chi connectivity index (χ1n) is 6.13. The molecular formula is C14H16N2O4. The zero-order valence-electron chi connectivity index (χ0n) is 11.1. The van der Waals surface area contributed by atoms with E-state index < -0.39 is 17.9 Å². The number of carbonyl (C=O) groups excluding carboxylic acids is 2. The Kier molecular flexibility index (Phi) is 5.96. The monoisotopic (exact) mass is 276 g/mol. The van der Waals surface area contributed by atoms with Crippen molar-refractivity contribution in [3.05, 3.63) is 42.0 Å². The summed E-state index contributed by atoms with van der Waals surface area (Å²) in [5.74, 6) is -2.06. The molecule has 0 saturated heterocycles. The number of carboxylic acids is 1. The lowest BCUT2D eigenvalue weighted by molar-refractivity contribution is -0.131. The molecule has 0 atom stereocenters. The maximum Gasteiger partial charge on any atom is 0.328 e. The van der Waals surface area contributed by atoms with Gasteiger partial charge < -0.3 is 10.4 Å². The van der Waals surface area contributed by atoms with Gasteiger partial charge >= 0.3 is 12.0 Å². The Morgan fingerprint density at radius 2 is 1.80 bits per heavy atom. The number of rotatable bonds is 5. The van der Waals surface area contributed by atoms with Gasteiger partial charge in [0.2, 0.25) is 0 Å². The Hall–Kier alpha value is -2.63. The lowest BCUT2D eigenvalue weighted by Gasteiger charge is -2.06. The molecule has 0 saturated carbocycles. The van der Waals surface area contributed by atoms with Gasteiger partial charge in [-0.15, -0.1) is 0 Å². The summed E-state index contributed by atoms with van der Waals surface area (Å²) in [6.45, 7) is 2.08. The van der Waals surface area contributed by atoms with Gasteiger partial charge in [0.1, 0.15) is 0 Å². The van der Waals surface area contributed by atoms with Crippen molar-refractivity contribution in [2.24, 2.45) is 0 Å². The molecule has 0 aliphatic rings. The highest BCUT2D eigenvalue weighted by Gasteiger charge is 2.05. The van der Waals surface area contributed by atoms with Gasteiger partial charge in [-0.2, -0.15) is 0 Å². The molecule has 0 bridgehead atoms. The van der Waals surface area contributed by atoms with E-state index in [0.29, 0.717) is 11.8 Å². The first kappa shape index (κ1) is 15.4. The highest BCUT2D eigenvalue weighted by molar-refractivity contribution is 6.06. The minimum absolute atomic E-state index is 0.553. The molecule has 20 heavy (non-hydrogen) atoms. The summed E-state index contributed by atoms with van der Waals surface area (Å²) in [7, 11) is 0. The van der Waals surface area contributed by atoms with Crippen LogP contribution in [0.2, 0.25) is 0 Å². The van der Waals surface area contributed by atoms with Crippen LogP contribution >= 0.6 is 0 Å². The lowest BCUT2D eigenvalue weighted by Crippen LogP contribution is -2.33. The van der Waals surface area contributed by atoms with E-state index in [1.54, 1.807) is 12.1 Å². The molecule has 0 aliphatic heterocycles. The summed E-state index contributed by atoms with van der Waals surface area (Å²) in [6, 6.07) is 6.55. The molecule has 6 heteroatoms. The quantitative estimate of drug-likeness (QED) is 0.716. The van der Waals surface area contributed by atoms with E-state index in [9.17, 15) is 14.4 Å². The van der Waals surface area contributed by atoms with E-state index in [1.165, 1.54) is 5.56 Å². The molecule has 6 nitrogen and oxygen atoms in total. The number of aliphatic carboxylic acids is 1. The molecule has 1 rings (SSSR count). The number of hydrogen-bond acceptors (Lipinski definition) is 3. The van der Waals surface area contributed by atoms with E-state index >= 15 is 0 Å². The van der Waals surface area contributed by atoms with Crippen molar-refractivity contribution < 1.29 is 19.5 Å². The number of imide groups is 1. The molecule has 0 fully saturated rings. The molecule has 106 valence electrons.